The van der Waals surface area contributed by atoms with Crippen molar-refractivity contribution in [3.05, 3.63) is 46.5 Å². The number of carboxylic acids is 1. The highest BCUT2D eigenvalue weighted by Gasteiger charge is 2.02. The van der Waals surface area contributed by atoms with Gasteiger partial charge in [0.15, 0.2) is 0 Å². The summed E-state index contributed by atoms with van der Waals surface area (Å²) >= 11 is 3.39. The van der Waals surface area contributed by atoms with Gasteiger partial charge >= 0.3 is 5.97 Å². The van der Waals surface area contributed by atoms with Crippen molar-refractivity contribution >= 4 is 28.0 Å². The first-order valence-corrected chi connectivity index (χ1v) is 6.32. The number of carbonyl (C=O) groups is 1. The van der Waals surface area contributed by atoms with E-state index in [9.17, 15) is 4.79 Å². The van der Waals surface area contributed by atoms with Gasteiger partial charge in [0.05, 0.1) is 4.47 Å². The highest BCUT2D eigenvalue weighted by atomic mass is 79.9. The van der Waals surface area contributed by atoms with Crippen molar-refractivity contribution in [2.45, 2.75) is 13.3 Å². The van der Waals surface area contributed by atoms with E-state index < -0.39 is 5.97 Å². The van der Waals surface area contributed by atoms with E-state index >= 15 is 0 Å². The van der Waals surface area contributed by atoms with Crippen LogP contribution in [0.1, 0.15) is 18.9 Å². The molecule has 4 heteroatoms. The standard InChI is InChI=1S/C14H15BrO3/c1-3-10(2)9-18-13-6-4-11(8-12(13)15)5-7-14(16)17/h4-8H,2-3,9H2,1H3,(H,16,17). The topological polar surface area (TPSA) is 46.5 Å². The fourth-order valence-corrected chi connectivity index (χ4v) is 1.70. The second-order valence-electron chi connectivity index (χ2n) is 3.75. The lowest BCUT2D eigenvalue weighted by Crippen LogP contribution is -2.00. The summed E-state index contributed by atoms with van der Waals surface area (Å²) in [6.07, 6.45) is 3.51. The van der Waals surface area contributed by atoms with Crippen LogP contribution in [0.5, 0.6) is 5.75 Å². The predicted molar refractivity (Wildman–Crippen MR) is 75.7 cm³/mol. The molecule has 0 aliphatic carbocycles. The van der Waals surface area contributed by atoms with Gasteiger partial charge < -0.3 is 9.84 Å². The third kappa shape index (κ3) is 4.75. The average molecular weight is 311 g/mol. The summed E-state index contributed by atoms with van der Waals surface area (Å²) in [5.41, 5.74) is 1.82. The van der Waals surface area contributed by atoms with Gasteiger partial charge in [0.2, 0.25) is 0 Å². The highest BCUT2D eigenvalue weighted by molar-refractivity contribution is 9.10. The largest absolute Gasteiger partial charge is 0.488 e. The summed E-state index contributed by atoms with van der Waals surface area (Å²) in [4.78, 5) is 10.4. The first-order chi connectivity index (χ1) is 8.52. The Kier molecular flexibility index (Phi) is 5.65. The molecule has 0 radical (unpaired) electrons. The molecule has 96 valence electrons. The molecule has 0 unspecified atom stereocenters. The Balaban J connectivity index is 2.73. The average Bonchev–Trinajstić information content (AvgIpc) is 2.34. The Morgan fingerprint density at radius 3 is 2.83 bits per heavy atom. The third-order valence-electron chi connectivity index (χ3n) is 2.31. The van der Waals surface area contributed by atoms with Crippen LogP contribution >= 0.6 is 15.9 Å². The molecule has 18 heavy (non-hydrogen) atoms. The number of hydrogen-bond acceptors (Lipinski definition) is 2. The lowest BCUT2D eigenvalue weighted by Gasteiger charge is -2.09. The van der Waals surface area contributed by atoms with Crippen LogP contribution < -0.4 is 4.74 Å². The molecule has 0 aromatic heterocycles. The lowest BCUT2D eigenvalue weighted by atomic mass is 10.2. The van der Waals surface area contributed by atoms with Crippen LogP contribution in [0.25, 0.3) is 6.08 Å². The van der Waals surface area contributed by atoms with Gasteiger partial charge in [0.25, 0.3) is 0 Å². The van der Waals surface area contributed by atoms with Gasteiger partial charge in [-0.3, -0.25) is 0 Å². The van der Waals surface area contributed by atoms with E-state index in [4.69, 9.17) is 9.84 Å². The van der Waals surface area contributed by atoms with E-state index in [1.807, 2.05) is 13.0 Å². The molecule has 0 aliphatic heterocycles. The van der Waals surface area contributed by atoms with Crippen LogP contribution in [0.15, 0.2) is 40.9 Å². The van der Waals surface area contributed by atoms with Gasteiger partial charge in [-0.05, 0) is 51.7 Å². The van der Waals surface area contributed by atoms with Crippen LogP contribution in [0.3, 0.4) is 0 Å². The molecule has 1 rings (SSSR count). The molecule has 0 bridgehead atoms. The first kappa shape index (κ1) is 14.5. The van der Waals surface area contributed by atoms with Crippen LogP contribution in [0.4, 0.5) is 0 Å². The zero-order valence-corrected chi connectivity index (χ0v) is 11.7. The number of hydrogen-bond donors (Lipinski definition) is 1. The minimum atomic E-state index is -0.967. The predicted octanol–water partition coefficient (Wildman–Crippen LogP) is 3.89. The summed E-state index contributed by atoms with van der Waals surface area (Å²) in [6.45, 7) is 6.38. The van der Waals surface area contributed by atoms with Crippen molar-refractivity contribution < 1.29 is 14.6 Å². The quantitative estimate of drug-likeness (QED) is 0.640. The Morgan fingerprint density at radius 1 is 1.56 bits per heavy atom. The van der Waals surface area contributed by atoms with Crippen LogP contribution in [-0.4, -0.2) is 17.7 Å². The number of benzene rings is 1. The maximum Gasteiger partial charge on any atom is 0.328 e. The van der Waals surface area contributed by atoms with Crippen molar-refractivity contribution in [2.75, 3.05) is 6.61 Å². The maximum atomic E-state index is 10.4. The third-order valence-corrected chi connectivity index (χ3v) is 2.93. The molecule has 0 heterocycles. The van der Waals surface area contributed by atoms with Gasteiger partial charge in [0, 0.05) is 6.08 Å². The van der Waals surface area contributed by atoms with E-state index in [2.05, 4.69) is 22.5 Å². The fourth-order valence-electron chi connectivity index (χ4n) is 1.19. The second-order valence-corrected chi connectivity index (χ2v) is 4.61. The van der Waals surface area contributed by atoms with Gasteiger partial charge in [-0.2, -0.15) is 0 Å². The molecule has 0 amide bonds. The summed E-state index contributed by atoms with van der Waals surface area (Å²) < 4.78 is 6.37. The molecule has 0 saturated carbocycles. The Morgan fingerprint density at radius 2 is 2.28 bits per heavy atom. The van der Waals surface area contributed by atoms with Crippen molar-refractivity contribution in [2.24, 2.45) is 0 Å². The van der Waals surface area contributed by atoms with Crippen LogP contribution in [0.2, 0.25) is 0 Å². The van der Waals surface area contributed by atoms with Gasteiger partial charge in [-0.15, -0.1) is 0 Å². The number of aliphatic carboxylic acids is 1. The van der Waals surface area contributed by atoms with Crippen molar-refractivity contribution in [3.63, 3.8) is 0 Å². The first-order valence-electron chi connectivity index (χ1n) is 5.53. The molecule has 0 aliphatic rings. The Labute approximate surface area is 115 Å². The van der Waals surface area contributed by atoms with Gasteiger partial charge in [-0.25, -0.2) is 4.79 Å². The van der Waals surface area contributed by atoms with E-state index in [0.717, 1.165) is 33.9 Å². The highest BCUT2D eigenvalue weighted by Crippen LogP contribution is 2.27. The summed E-state index contributed by atoms with van der Waals surface area (Å²) in [5.74, 6) is -0.247. The Bertz CT molecular complexity index is 478. The smallest absolute Gasteiger partial charge is 0.328 e. The zero-order valence-electron chi connectivity index (χ0n) is 10.1. The van der Waals surface area contributed by atoms with Crippen molar-refractivity contribution in [3.8, 4) is 5.75 Å². The molecule has 0 atom stereocenters. The summed E-state index contributed by atoms with van der Waals surface area (Å²) in [6, 6.07) is 5.41. The van der Waals surface area contributed by atoms with Crippen LogP contribution in [-0.2, 0) is 4.79 Å². The normalized spacial score (nSPS) is 10.6. The van der Waals surface area contributed by atoms with Crippen molar-refractivity contribution in [1.82, 2.24) is 0 Å². The number of ether oxygens (including phenoxy) is 1. The number of rotatable bonds is 6. The maximum absolute atomic E-state index is 10.4. The number of carboxylic acid groups (broad SMARTS) is 1. The molecular weight excluding hydrogens is 296 g/mol. The molecule has 1 N–H and O–H groups in total. The van der Waals surface area contributed by atoms with E-state index in [1.54, 1.807) is 12.1 Å². The molecular formula is C14H15BrO3. The lowest BCUT2D eigenvalue weighted by molar-refractivity contribution is -0.131. The van der Waals surface area contributed by atoms with Gasteiger partial charge in [0.1, 0.15) is 12.4 Å². The van der Waals surface area contributed by atoms with E-state index in [1.165, 1.54) is 6.08 Å². The molecule has 0 saturated heterocycles. The van der Waals surface area contributed by atoms with Crippen LogP contribution in [0, 0.1) is 0 Å². The van der Waals surface area contributed by atoms with E-state index in [-0.39, 0.29) is 0 Å². The SMILES string of the molecule is C=C(CC)COc1ccc(C=CC(=O)O)cc1Br. The Hall–Kier alpha value is -1.55. The molecule has 0 spiro atoms. The second kappa shape index (κ2) is 7.01. The molecule has 0 fully saturated rings. The zero-order chi connectivity index (χ0) is 13.5. The minimum absolute atomic E-state index is 0.486. The minimum Gasteiger partial charge on any atom is -0.488 e. The summed E-state index contributed by atoms with van der Waals surface area (Å²) in [7, 11) is 0. The monoisotopic (exact) mass is 310 g/mol. The molecule has 3 nitrogen and oxygen atoms in total. The van der Waals surface area contributed by atoms with Gasteiger partial charge in [-0.1, -0.05) is 19.6 Å². The number of halogens is 1. The van der Waals surface area contributed by atoms with E-state index in [0.29, 0.717) is 6.61 Å². The van der Waals surface area contributed by atoms with Crippen molar-refractivity contribution in [1.29, 1.82) is 0 Å². The molecule has 1 aromatic carbocycles. The molecule has 1 aromatic rings. The fraction of sp³-hybridized carbons (Fsp3) is 0.214. The summed E-state index contributed by atoms with van der Waals surface area (Å²) in [5, 5.41) is 8.54.